The van der Waals surface area contributed by atoms with Crippen LogP contribution in [-0.2, 0) is 13.1 Å². The minimum Gasteiger partial charge on any atom is -0.363 e. The number of benzene rings is 2. The Labute approximate surface area is 158 Å². The summed E-state index contributed by atoms with van der Waals surface area (Å²) >= 11 is 0. The van der Waals surface area contributed by atoms with E-state index in [0.29, 0.717) is 19.0 Å². The van der Waals surface area contributed by atoms with Crippen molar-refractivity contribution in [1.29, 1.82) is 0 Å². The van der Waals surface area contributed by atoms with Gasteiger partial charge < -0.3 is 15.5 Å². The summed E-state index contributed by atoms with van der Waals surface area (Å²) in [4.78, 5) is 11.0. The van der Waals surface area contributed by atoms with Crippen LogP contribution in [0.1, 0.15) is 11.1 Å². The molecule has 3 aromatic rings. The SMILES string of the molecule is CN=C(NCc1ccc(F)cc1)NCc1cc(N(C)C)nc2ccccc12. The summed E-state index contributed by atoms with van der Waals surface area (Å²) in [5.41, 5.74) is 3.10. The van der Waals surface area contributed by atoms with Crippen LogP contribution in [0, 0.1) is 5.82 Å². The maximum Gasteiger partial charge on any atom is 0.191 e. The highest BCUT2D eigenvalue weighted by molar-refractivity contribution is 5.85. The Bertz CT molecular complexity index is 935. The van der Waals surface area contributed by atoms with E-state index in [1.54, 1.807) is 19.2 Å². The molecule has 3 rings (SSSR count). The van der Waals surface area contributed by atoms with Crippen molar-refractivity contribution in [3.63, 3.8) is 0 Å². The molecule has 2 aromatic carbocycles. The van der Waals surface area contributed by atoms with Crippen molar-refractivity contribution in [3.05, 3.63) is 71.5 Å². The van der Waals surface area contributed by atoms with E-state index in [1.807, 2.05) is 37.2 Å². The standard InChI is InChI=1S/C21H24FN5/c1-23-21(24-13-15-8-10-17(22)11-9-15)25-14-16-12-20(27(2)3)26-19-7-5-4-6-18(16)19/h4-12H,13-14H2,1-3H3,(H2,23,24,25). The smallest absolute Gasteiger partial charge is 0.191 e. The molecule has 0 radical (unpaired) electrons. The Morgan fingerprint density at radius 2 is 1.74 bits per heavy atom. The molecule has 5 nitrogen and oxygen atoms in total. The fraction of sp³-hybridized carbons (Fsp3) is 0.238. The second-order valence-corrected chi connectivity index (χ2v) is 6.46. The summed E-state index contributed by atoms with van der Waals surface area (Å²) in [7, 11) is 5.70. The fourth-order valence-corrected chi connectivity index (χ4v) is 2.79. The zero-order chi connectivity index (χ0) is 19.2. The maximum atomic E-state index is 13.0. The van der Waals surface area contributed by atoms with E-state index in [1.165, 1.54) is 12.1 Å². The number of pyridine rings is 1. The first-order chi connectivity index (χ1) is 13.1. The first-order valence-electron chi connectivity index (χ1n) is 8.82. The first kappa shape index (κ1) is 18.6. The van der Waals surface area contributed by atoms with Gasteiger partial charge in [-0.05, 0) is 35.4 Å². The maximum absolute atomic E-state index is 13.0. The van der Waals surface area contributed by atoms with Crippen molar-refractivity contribution >= 4 is 22.7 Å². The van der Waals surface area contributed by atoms with Crippen molar-refractivity contribution in [1.82, 2.24) is 15.6 Å². The molecule has 27 heavy (non-hydrogen) atoms. The quantitative estimate of drug-likeness (QED) is 0.538. The van der Waals surface area contributed by atoms with E-state index in [0.717, 1.165) is 27.8 Å². The summed E-state index contributed by atoms with van der Waals surface area (Å²) in [5.74, 6) is 1.37. The van der Waals surface area contributed by atoms with Crippen molar-refractivity contribution in [3.8, 4) is 0 Å². The van der Waals surface area contributed by atoms with E-state index in [-0.39, 0.29) is 5.82 Å². The van der Waals surface area contributed by atoms with Crippen molar-refractivity contribution in [2.75, 3.05) is 26.0 Å². The molecule has 0 spiro atoms. The molecule has 0 saturated heterocycles. The molecule has 6 heteroatoms. The highest BCUT2D eigenvalue weighted by atomic mass is 19.1. The second-order valence-electron chi connectivity index (χ2n) is 6.46. The summed E-state index contributed by atoms with van der Waals surface area (Å²) < 4.78 is 13.0. The third-order valence-corrected chi connectivity index (χ3v) is 4.29. The molecular formula is C21H24FN5. The summed E-state index contributed by atoms with van der Waals surface area (Å²) in [6.45, 7) is 1.19. The van der Waals surface area contributed by atoms with Crippen LogP contribution in [0.2, 0.25) is 0 Å². The van der Waals surface area contributed by atoms with E-state index in [4.69, 9.17) is 0 Å². The zero-order valence-electron chi connectivity index (χ0n) is 15.8. The molecule has 0 fully saturated rings. The number of anilines is 1. The molecule has 0 aliphatic carbocycles. The Morgan fingerprint density at radius 3 is 2.44 bits per heavy atom. The summed E-state index contributed by atoms with van der Waals surface area (Å²) in [6, 6.07) is 16.6. The first-order valence-corrected chi connectivity index (χ1v) is 8.82. The van der Waals surface area contributed by atoms with Gasteiger partial charge in [0.15, 0.2) is 5.96 Å². The number of hydrogen-bond donors (Lipinski definition) is 2. The van der Waals surface area contributed by atoms with E-state index in [2.05, 4.69) is 32.7 Å². The molecule has 0 aliphatic heterocycles. The van der Waals surface area contributed by atoms with Gasteiger partial charge in [-0.2, -0.15) is 0 Å². The average molecular weight is 365 g/mol. The van der Waals surface area contributed by atoms with Gasteiger partial charge in [0.05, 0.1) is 5.52 Å². The number of aliphatic imine (C=N–C) groups is 1. The number of hydrogen-bond acceptors (Lipinski definition) is 3. The molecule has 1 heterocycles. The zero-order valence-corrected chi connectivity index (χ0v) is 15.8. The molecule has 0 atom stereocenters. The number of nitrogens with one attached hydrogen (secondary N) is 2. The third kappa shape index (κ3) is 4.73. The summed E-state index contributed by atoms with van der Waals surface area (Å²) in [5, 5.41) is 7.71. The number of aromatic nitrogens is 1. The molecule has 0 unspecified atom stereocenters. The molecular weight excluding hydrogens is 341 g/mol. The number of halogens is 1. The van der Waals surface area contributed by atoms with Crippen LogP contribution in [0.5, 0.6) is 0 Å². The Balaban J connectivity index is 1.71. The van der Waals surface area contributed by atoms with Crippen LogP contribution in [0.4, 0.5) is 10.2 Å². The lowest BCUT2D eigenvalue weighted by Crippen LogP contribution is -2.36. The number of para-hydroxylation sites is 1. The van der Waals surface area contributed by atoms with E-state index >= 15 is 0 Å². The van der Waals surface area contributed by atoms with Crippen LogP contribution < -0.4 is 15.5 Å². The molecule has 140 valence electrons. The predicted molar refractivity (Wildman–Crippen MR) is 110 cm³/mol. The van der Waals surface area contributed by atoms with Gasteiger partial charge in [-0.1, -0.05) is 30.3 Å². The van der Waals surface area contributed by atoms with Crippen LogP contribution in [-0.4, -0.2) is 32.1 Å². The minimum atomic E-state index is -0.234. The van der Waals surface area contributed by atoms with E-state index in [9.17, 15) is 4.39 Å². The molecule has 2 N–H and O–H groups in total. The van der Waals surface area contributed by atoms with Gasteiger partial charge in [-0.3, -0.25) is 4.99 Å². The second kappa shape index (κ2) is 8.49. The normalized spacial score (nSPS) is 11.5. The lowest BCUT2D eigenvalue weighted by Gasteiger charge is -2.17. The molecule has 1 aromatic heterocycles. The van der Waals surface area contributed by atoms with Gasteiger partial charge in [0.25, 0.3) is 0 Å². The van der Waals surface area contributed by atoms with Gasteiger partial charge in [0.2, 0.25) is 0 Å². The minimum absolute atomic E-state index is 0.234. The number of nitrogens with zero attached hydrogens (tertiary/aromatic N) is 3. The molecule has 0 aliphatic rings. The van der Waals surface area contributed by atoms with Crippen LogP contribution >= 0.6 is 0 Å². The van der Waals surface area contributed by atoms with E-state index < -0.39 is 0 Å². The van der Waals surface area contributed by atoms with Gasteiger partial charge in [0, 0.05) is 39.6 Å². The Kier molecular flexibility index (Phi) is 5.86. The lowest BCUT2D eigenvalue weighted by molar-refractivity contribution is 0.626. The topological polar surface area (TPSA) is 52.6 Å². The van der Waals surface area contributed by atoms with Crippen LogP contribution in [0.3, 0.4) is 0 Å². The number of rotatable bonds is 5. The van der Waals surface area contributed by atoms with Gasteiger partial charge >= 0.3 is 0 Å². The van der Waals surface area contributed by atoms with Gasteiger partial charge in [0.1, 0.15) is 11.6 Å². The molecule has 0 saturated carbocycles. The van der Waals surface area contributed by atoms with Crippen molar-refractivity contribution in [2.24, 2.45) is 4.99 Å². The Morgan fingerprint density at radius 1 is 1.04 bits per heavy atom. The van der Waals surface area contributed by atoms with Crippen LogP contribution in [0.25, 0.3) is 10.9 Å². The van der Waals surface area contributed by atoms with Gasteiger partial charge in [-0.15, -0.1) is 0 Å². The number of guanidine groups is 1. The predicted octanol–water partition coefficient (Wildman–Crippen LogP) is 3.31. The Hall–Kier alpha value is -3.15. The fourth-order valence-electron chi connectivity index (χ4n) is 2.79. The van der Waals surface area contributed by atoms with Crippen LogP contribution in [0.15, 0.2) is 59.6 Å². The average Bonchev–Trinajstić information content (AvgIpc) is 2.69. The van der Waals surface area contributed by atoms with Crippen molar-refractivity contribution in [2.45, 2.75) is 13.1 Å². The molecule has 0 bridgehead atoms. The highest BCUT2D eigenvalue weighted by Crippen LogP contribution is 2.21. The summed E-state index contributed by atoms with van der Waals surface area (Å²) in [6.07, 6.45) is 0. The molecule has 0 amide bonds. The lowest BCUT2D eigenvalue weighted by atomic mass is 10.1. The van der Waals surface area contributed by atoms with Crippen molar-refractivity contribution < 1.29 is 4.39 Å². The third-order valence-electron chi connectivity index (χ3n) is 4.29. The monoisotopic (exact) mass is 365 g/mol. The largest absolute Gasteiger partial charge is 0.363 e. The number of fused-ring (bicyclic) bond motifs is 1. The van der Waals surface area contributed by atoms with Gasteiger partial charge in [-0.25, -0.2) is 9.37 Å². The highest BCUT2D eigenvalue weighted by Gasteiger charge is 2.08.